The van der Waals surface area contributed by atoms with Crippen LogP contribution in [0.4, 0.5) is 5.69 Å². The lowest BCUT2D eigenvalue weighted by atomic mass is 10.1. The topological polar surface area (TPSA) is 84.0 Å². The number of carbonyl (C=O) groups excluding carboxylic acids is 2. The molecule has 7 heteroatoms. The van der Waals surface area contributed by atoms with Crippen molar-refractivity contribution in [2.45, 2.75) is 6.92 Å². The first-order valence-corrected chi connectivity index (χ1v) is 9.87. The molecule has 0 spiro atoms. The maximum atomic E-state index is 12.2. The van der Waals surface area contributed by atoms with Crippen molar-refractivity contribution in [3.63, 3.8) is 0 Å². The summed E-state index contributed by atoms with van der Waals surface area (Å²) in [5, 5.41) is 6.35. The number of nitrogens with zero attached hydrogens (tertiary/aromatic N) is 2. The number of amides is 2. The maximum absolute atomic E-state index is 12.2. The van der Waals surface area contributed by atoms with Crippen molar-refractivity contribution >= 4 is 39.2 Å². The number of pyridine rings is 1. The van der Waals surface area contributed by atoms with Gasteiger partial charge in [-0.05, 0) is 55.0 Å². The van der Waals surface area contributed by atoms with Gasteiger partial charge in [0, 0.05) is 23.0 Å². The molecule has 4 aromatic rings. The highest BCUT2D eigenvalue weighted by Crippen LogP contribution is 2.30. The van der Waals surface area contributed by atoms with Crippen LogP contribution in [0.15, 0.2) is 66.9 Å². The average Bonchev–Trinajstić information content (AvgIpc) is 3.18. The third-order valence-corrected chi connectivity index (χ3v) is 5.39. The van der Waals surface area contributed by atoms with Crippen LogP contribution < -0.4 is 10.6 Å². The van der Waals surface area contributed by atoms with Crippen LogP contribution in [0, 0.1) is 6.92 Å². The van der Waals surface area contributed by atoms with Gasteiger partial charge in [-0.3, -0.25) is 9.59 Å². The van der Waals surface area contributed by atoms with Crippen LogP contribution in [0.3, 0.4) is 0 Å². The molecule has 29 heavy (non-hydrogen) atoms. The molecular formula is C22H18N4O2S. The van der Waals surface area contributed by atoms with Crippen LogP contribution in [0.1, 0.15) is 15.9 Å². The third kappa shape index (κ3) is 4.30. The number of aromatic nitrogens is 2. The van der Waals surface area contributed by atoms with E-state index in [2.05, 4.69) is 20.6 Å². The van der Waals surface area contributed by atoms with Crippen molar-refractivity contribution in [1.82, 2.24) is 15.3 Å². The predicted octanol–water partition coefficient (Wildman–Crippen LogP) is 4.04. The van der Waals surface area contributed by atoms with Crippen LogP contribution in [0.25, 0.3) is 20.9 Å². The van der Waals surface area contributed by atoms with Crippen molar-refractivity contribution in [2.75, 3.05) is 11.9 Å². The van der Waals surface area contributed by atoms with E-state index in [1.54, 1.807) is 30.5 Å². The highest BCUT2D eigenvalue weighted by Gasteiger charge is 2.11. The second-order valence-corrected chi connectivity index (χ2v) is 7.45. The monoisotopic (exact) mass is 402 g/mol. The minimum atomic E-state index is -0.283. The zero-order valence-electron chi connectivity index (χ0n) is 15.7. The number of fused-ring (bicyclic) bond motifs is 1. The van der Waals surface area contributed by atoms with Gasteiger partial charge in [0.25, 0.3) is 5.91 Å². The molecule has 0 atom stereocenters. The van der Waals surface area contributed by atoms with Crippen LogP contribution in [0.2, 0.25) is 0 Å². The van der Waals surface area contributed by atoms with Gasteiger partial charge in [0.05, 0.1) is 6.54 Å². The Kier molecular flexibility index (Phi) is 5.31. The zero-order valence-corrected chi connectivity index (χ0v) is 16.5. The van der Waals surface area contributed by atoms with Crippen molar-refractivity contribution in [2.24, 2.45) is 0 Å². The molecule has 6 nitrogen and oxygen atoms in total. The van der Waals surface area contributed by atoms with E-state index < -0.39 is 0 Å². The molecule has 0 fully saturated rings. The first-order chi connectivity index (χ1) is 14.1. The normalized spacial score (nSPS) is 10.7. The molecule has 0 radical (unpaired) electrons. The van der Waals surface area contributed by atoms with Crippen LogP contribution >= 0.6 is 11.3 Å². The van der Waals surface area contributed by atoms with E-state index in [1.165, 1.54) is 11.3 Å². The Balaban J connectivity index is 1.41. The zero-order chi connectivity index (χ0) is 20.2. The van der Waals surface area contributed by atoms with E-state index >= 15 is 0 Å². The van der Waals surface area contributed by atoms with Crippen LogP contribution in [-0.2, 0) is 4.79 Å². The van der Waals surface area contributed by atoms with Crippen molar-refractivity contribution in [3.8, 4) is 10.6 Å². The van der Waals surface area contributed by atoms with Gasteiger partial charge in [-0.2, -0.15) is 0 Å². The van der Waals surface area contributed by atoms with Gasteiger partial charge in [-0.1, -0.05) is 29.5 Å². The summed E-state index contributed by atoms with van der Waals surface area (Å²) < 4.78 is 0. The van der Waals surface area contributed by atoms with Crippen molar-refractivity contribution in [3.05, 3.63) is 78.0 Å². The Morgan fingerprint density at radius 1 is 1.03 bits per heavy atom. The highest BCUT2D eigenvalue weighted by molar-refractivity contribution is 7.21. The summed E-state index contributed by atoms with van der Waals surface area (Å²) in [5.41, 5.74) is 3.98. The van der Waals surface area contributed by atoms with Gasteiger partial charge >= 0.3 is 0 Å². The number of hydrogen-bond acceptors (Lipinski definition) is 5. The van der Waals surface area contributed by atoms with E-state index in [4.69, 9.17) is 0 Å². The number of aryl methyl sites for hydroxylation is 1. The van der Waals surface area contributed by atoms with E-state index in [9.17, 15) is 9.59 Å². The fourth-order valence-corrected chi connectivity index (χ4v) is 3.78. The molecule has 2 aromatic carbocycles. The lowest BCUT2D eigenvalue weighted by molar-refractivity contribution is -0.115. The smallest absolute Gasteiger partial charge is 0.251 e. The Morgan fingerprint density at radius 3 is 2.62 bits per heavy atom. The number of rotatable bonds is 5. The molecule has 0 aliphatic rings. The lowest BCUT2D eigenvalue weighted by Gasteiger charge is -2.10. The SMILES string of the molecule is Cc1cc(-c2nc3cccnc3s2)ccc1NC(=O)CNC(=O)c1ccccc1. The average molecular weight is 402 g/mol. The minimum absolute atomic E-state index is 0.0988. The van der Waals surface area contributed by atoms with E-state index in [1.807, 2.05) is 43.3 Å². The number of anilines is 1. The second-order valence-electron chi connectivity index (χ2n) is 6.47. The van der Waals surface area contributed by atoms with E-state index in [0.29, 0.717) is 11.3 Å². The van der Waals surface area contributed by atoms with E-state index in [0.717, 1.165) is 26.5 Å². The molecule has 4 rings (SSSR count). The van der Waals surface area contributed by atoms with Gasteiger partial charge in [0.1, 0.15) is 15.4 Å². The molecule has 0 unspecified atom stereocenters. The third-order valence-electron chi connectivity index (χ3n) is 4.36. The van der Waals surface area contributed by atoms with Crippen molar-refractivity contribution in [1.29, 1.82) is 0 Å². The fourth-order valence-electron chi connectivity index (χ4n) is 2.88. The summed E-state index contributed by atoms with van der Waals surface area (Å²) in [7, 11) is 0. The molecule has 2 N–H and O–H groups in total. The number of carbonyl (C=O) groups is 2. The molecule has 0 saturated heterocycles. The summed E-state index contributed by atoms with van der Waals surface area (Å²) in [6.45, 7) is 1.83. The number of nitrogens with one attached hydrogen (secondary N) is 2. The fraction of sp³-hybridized carbons (Fsp3) is 0.0909. The lowest BCUT2D eigenvalue weighted by Crippen LogP contribution is -2.32. The van der Waals surface area contributed by atoms with Crippen molar-refractivity contribution < 1.29 is 9.59 Å². The first-order valence-electron chi connectivity index (χ1n) is 9.06. The predicted molar refractivity (Wildman–Crippen MR) is 115 cm³/mol. The largest absolute Gasteiger partial charge is 0.343 e. The van der Waals surface area contributed by atoms with Gasteiger partial charge in [0.2, 0.25) is 5.91 Å². The molecule has 2 heterocycles. The molecule has 0 bridgehead atoms. The molecule has 0 saturated carbocycles. The molecule has 0 aliphatic heterocycles. The van der Waals surface area contributed by atoms with Gasteiger partial charge in [-0.25, -0.2) is 9.97 Å². The molecule has 2 aromatic heterocycles. The summed E-state index contributed by atoms with van der Waals surface area (Å²) in [4.78, 5) is 34.1. The summed E-state index contributed by atoms with van der Waals surface area (Å²) >= 11 is 1.53. The van der Waals surface area contributed by atoms with Gasteiger partial charge in [0.15, 0.2) is 0 Å². The Morgan fingerprint density at radius 2 is 1.86 bits per heavy atom. The van der Waals surface area contributed by atoms with Gasteiger partial charge < -0.3 is 10.6 Å². The minimum Gasteiger partial charge on any atom is -0.343 e. The second kappa shape index (κ2) is 8.20. The molecule has 0 aliphatic carbocycles. The molecule has 2 amide bonds. The molecular weight excluding hydrogens is 384 g/mol. The number of benzene rings is 2. The summed E-state index contributed by atoms with van der Waals surface area (Å²) in [6.07, 6.45) is 1.75. The van der Waals surface area contributed by atoms with E-state index in [-0.39, 0.29) is 18.4 Å². The Hall–Kier alpha value is -3.58. The number of thiazole rings is 1. The Labute approximate surface area is 171 Å². The summed E-state index contributed by atoms with van der Waals surface area (Å²) in [5.74, 6) is -0.563. The molecule has 144 valence electrons. The van der Waals surface area contributed by atoms with Crippen LogP contribution in [-0.4, -0.2) is 28.3 Å². The first kappa shape index (κ1) is 18.8. The van der Waals surface area contributed by atoms with Crippen LogP contribution in [0.5, 0.6) is 0 Å². The summed E-state index contributed by atoms with van der Waals surface area (Å²) in [6, 6.07) is 18.4. The Bertz CT molecular complexity index is 1150. The highest BCUT2D eigenvalue weighted by atomic mass is 32.1. The standard InChI is InChI=1S/C22H18N4O2S/c1-14-12-16(21-26-18-8-5-11-23-22(18)29-21)9-10-17(14)25-19(27)13-24-20(28)15-6-3-2-4-7-15/h2-12H,13H2,1H3,(H,24,28)(H,25,27). The quantitative estimate of drug-likeness (QED) is 0.528. The maximum Gasteiger partial charge on any atom is 0.251 e. The number of hydrogen-bond donors (Lipinski definition) is 2. The van der Waals surface area contributed by atoms with Gasteiger partial charge in [-0.15, -0.1) is 0 Å².